The maximum absolute atomic E-state index is 9.13. The van der Waals surface area contributed by atoms with Gasteiger partial charge in [0.25, 0.3) is 0 Å². The van der Waals surface area contributed by atoms with Gasteiger partial charge in [-0.2, -0.15) is 5.10 Å². The number of H-pyrrole nitrogens is 1. The van der Waals surface area contributed by atoms with Crippen LogP contribution < -0.4 is 5.32 Å². The van der Waals surface area contributed by atoms with Crippen LogP contribution in [0.4, 0.5) is 0 Å². The fourth-order valence-corrected chi connectivity index (χ4v) is 1.62. The van der Waals surface area contributed by atoms with Crippen molar-refractivity contribution in [1.29, 1.82) is 0 Å². The number of aromatic amines is 1. The fraction of sp³-hybridized carbons (Fsp3) is 0.308. The maximum atomic E-state index is 9.13. The van der Waals surface area contributed by atoms with E-state index >= 15 is 0 Å². The molecule has 17 heavy (non-hydrogen) atoms. The zero-order chi connectivity index (χ0) is 12.1. The summed E-state index contributed by atoms with van der Waals surface area (Å²) in [6, 6.07) is 12.1. The Morgan fingerprint density at radius 1 is 1.35 bits per heavy atom. The Labute approximate surface area is 101 Å². The molecule has 2 rings (SSSR count). The van der Waals surface area contributed by atoms with Crippen LogP contribution in [-0.2, 0) is 6.54 Å². The summed E-state index contributed by atoms with van der Waals surface area (Å²) in [6.45, 7) is 3.03. The van der Waals surface area contributed by atoms with Crippen LogP contribution in [0.15, 0.2) is 36.4 Å². The van der Waals surface area contributed by atoms with Crippen molar-refractivity contribution in [3.8, 4) is 11.3 Å². The Kier molecular flexibility index (Phi) is 3.90. The number of benzene rings is 1. The number of hydrogen-bond donors (Lipinski definition) is 3. The summed E-state index contributed by atoms with van der Waals surface area (Å²) in [5, 5.41) is 19.5. The van der Waals surface area contributed by atoms with Gasteiger partial charge in [0, 0.05) is 24.3 Å². The summed E-state index contributed by atoms with van der Waals surface area (Å²) in [4.78, 5) is 0. The highest BCUT2D eigenvalue weighted by atomic mass is 16.3. The number of rotatable bonds is 5. The number of hydrogen-bond acceptors (Lipinski definition) is 3. The van der Waals surface area contributed by atoms with Gasteiger partial charge in [-0.3, -0.25) is 5.10 Å². The first-order valence-corrected chi connectivity index (χ1v) is 5.74. The van der Waals surface area contributed by atoms with Crippen molar-refractivity contribution in [2.24, 2.45) is 0 Å². The monoisotopic (exact) mass is 231 g/mol. The number of aliphatic hydroxyl groups excluding tert-OH is 1. The van der Waals surface area contributed by atoms with Crippen LogP contribution in [0.25, 0.3) is 11.3 Å². The molecule has 1 unspecified atom stereocenters. The lowest BCUT2D eigenvalue weighted by molar-refractivity contribution is 0.191. The fourth-order valence-electron chi connectivity index (χ4n) is 1.62. The van der Waals surface area contributed by atoms with Gasteiger partial charge in [0.05, 0.1) is 11.8 Å². The number of nitrogens with one attached hydrogen (secondary N) is 2. The molecule has 90 valence electrons. The third-order valence-corrected chi connectivity index (χ3v) is 2.46. The van der Waals surface area contributed by atoms with E-state index in [-0.39, 0.29) is 6.10 Å². The topological polar surface area (TPSA) is 60.9 Å². The van der Waals surface area contributed by atoms with Crippen molar-refractivity contribution in [2.75, 3.05) is 6.54 Å². The SMILES string of the molecule is CC(O)CNCc1cc(-c2ccccc2)n[nH]1. The molecule has 4 heteroatoms. The molecule has 0 radical (unpaired) electrons. The smallest absolute Gasteiger partial charge is 0.0924 e. The molecule has 1 heterocycles. The second-order valence-electron chi connectivity index (χ2n) is 4.12. The van der Waals surface area contributed by atoms with Crippen LogP contribution >= 0.6 is 0 Å². The Hall–Kier alpha value is -1.65. The summed E-state index contributed by atoms with van der Waals surface area (Å²) in [7, 11) is 0. The van der Waals surface area contributed by atoms with Gasteiger partial charge in [-0.05, 0) is 13.0 Å². The first-order chi connectivity index (χ1) is 8.25. The van der Waals surface area contributed by atoms with Crippen molar-refractivity contribution in [1.82, 2.24) is 15.5 Å². The lowest BCUT2D eigenvalue weighted by Crippen LogP contribution is -2.23. The van der Waals surface area contributed by atoms with E-state index in [1.807, 2.05) is 36.4 Å². The molecule has 1 aromatic heterocycles. The molecule has 2 aromatic rings. The molecular formula is C13H17N3O. The lowest BCUT2D eigenvalue weighted by Gasteiger charge is -2.04. The number of aliphatic hydroxyl groups is 1. The third kappa shape index (κ3) is 3.41. The van der Waals surface area contributed by atoms with E-state index in [9.17, 15) is 0 Å². The average Bonchev–Trinajstić information content (AvgIpc) is 2.78. The number of aromatic nitrogens is 2. The molecule has 0 spiro atoms. The van der Waals surface area contributed by atoms with E-state index < -0.39 is 0 Å². The van der Waals surface area contributed by atoms with Crippen LogP contribution in [0.1, 0.15) is 12.6 Å². The van der Waals surface area contributed by atoms with Crippen LogP contribution in [-0.4, -0.2) is 28.0 Å². The molecule has 0 aliphatic carbocycles. The second-order valence-corrected chi connectivity index (χ2v) is 4.12. The molecule has 0 aliphatic rings. The summed E-state index contributed by atoms with van der Waals surface area (Å²) >= 11 is 0. The zero-order valence-corrected chi connectivity index (χ0v) is 9.85. The normalized spacial score (nSPS) is 12.6. The minimum Gasteiger partial charge on any atom is -0.392 e. The maximum Gasteiger partial charge on any atom is 0.0924 e. The van der Waals surface area contributed by atoms with Crippen LogP contribution in [0.5, 0.6) is 0 Å². The van der Waals surface area contributed by atoms with Crippen LogP contribution in [0.2, 0.25) is 0 Å². The minimum atomic E-state index is -0.327. The van der Waals surface area contributed by atoms with Gasteiger partial charge in [0.2, 0.25) is 0 Å². The zero-order valence-electron chi connectivity index (χ0n) is 9.85. The third-order valence-electron chi connectivity index (χ3n) is 2.46. The molecule has 1 atom stereocenters. The predicted octanol–water partition coefficient (Wildman–Crippen LogP) is 1.55. The summed E-state index contributed by atoms with van der Waals surface area (Å²) in [5.41, 5.74) is 3.06. The highest BCUT2D eigenvalue weighted by Crippen LogP contribution is 2.16. The highest BCUT2D eigenvalue weighted by Gasteiger charge is 2.03. The first-order valence-electron chi connectivity index (χ1n) is 5.74. The Morgan fingerprint density at radius 3 is 2.82 bits per heavy atom. The van der Waals surface area contributed by atoms with Crippen molar-refractivity contribution < 1.29 is 5.11 Å². The van der Waals surface area contributed by atoms with Crippen LogP contribution in [0, 0.1) is 0 Å². The van der Waals surface area contributed by atoms with E-state index in [2.05, 4.69) is 15.5 Å². The van der Waals surface area contributed by atoms with Gasteiger partial charge < -0.3 is 10.4 Å². The average molecular weight is 231 g/mol. The van der Waals surface area contributed by atoms with Gasteiger partial charge in [-0.25, -0.2) is 0 Å². The van der Waals surface area contributed by atoms with E-state index in [1.54, 1.807) is 6.92 Å². The van der Waals surface area contributed by atoms with E-state index in [0.29, 0.717) is 13.1 Å². The van der Waals surface area contributed by atoms with Crippen molar-refractivity contribution in [2.45, 2.75) is 19.6 Å². The second kappa shape index (κ2) is 5.61. The molecule has 4 nitrogen and oxygen atoms in total. The molecule has 0 aliphatic heterocycles. The summed E-state index contributed by atoms with van der Waals surface area (Å²) < 4.78 is 0. The van der Waals surface area contributed by atoms with E-state index in [1.165, 1.54) is 0 Å². The molecule has 0 fully saturated rings. The van der Waals surface area contributed by atoms with E-state index in [4.69, 9.17) is 5.11 Å². The van der Waals surface area contributed by atoms with Crippen molar-refractivity contribution in [3.05, 3.63) is 42.1 Å². The first kappa shape index (κ1) is 11.8. The highest BCUT2D eigenvalue weighted by molar-refractivity contribution is 5.58. The molecule has 0 saturated carbocycles. The van der Waals surface area contributed by atoms with Crippen LogP contribution in [0.3, 0.4) is 0 Å². The van der Waals surface area contributed by atoms with E-state index in [0.717, 1.165) is 17.0 Å². The number of nitrogens with zero attached hydrogens (tertiary/aromatic N) is 1. The quantitative estimate of drug-likeness (QED) is 0.731. The molecule has 0 bridgehead atoms. The summed E-state index contributed by atoms with van der Waals surface area (Å²) in [5.74, 6) is 0. The summed E-state index contributed by atoms with van der Waals surface area (Å²) in [6.07, 6.45) is -0.327. The standard InChI is InChI=1S/C13H17N3O/c1-10(17)8-14-9-12-7-13(16-15-12)11-5-3-2-4-6-11/h2-7,10,14,17H,8-9H2,1H3,(H,15,16). The Balaban J connectivity index is 1.97. The van der Waals surface area contributed by atoms with Gasteiger partial charge >= 0.3 is 0 Å². The van der Waals surface area contributed by atoms with Gasteiger partial charge in [0.15, 0.2) is 0 Å². The Bertz CT molecular complexity index is 451. The molecular weight excluding hydrogens is 214 g/mol. The molecule has 1 aromatic carbocycles. The molecule has 0 amide bonds. The van der Waals surface area contributed by atoms with Crippen molar-refractivity contribution in [3.63, 3.8) is 0 Å². The minimum absolute atomic E-state index is 0.327. The predicted molar refractivity (Wildman–Crippen MR) is 67.4 cm³/mol. The lowest BCUT2D eigenvalue weighted by atomic mass is 10.1. The van der Waals surface area contributed by atoms with Crippen molar-refractivity contribution >= 4 is 0 Å². The molecule has 0 saturated heterocycles. The van der Waals surface area contributed by atoms with Gasteiger partial charge in [-0.15, -0.1) is 0 Å². The van der Waals surface area contributed by atoms with Gasteiger partial charge in [0.1, 0.15) is 0 Å². The largest absolute Gasteiger partial charge is 0.392 e. The Morgan fingerprint density at radius 2 is 2.12 bits per heavy atom. The molecule has 3 N–H and O–H groups in total. The van der Waals surface area contributed by atoms with Gasteiger partial charge in [-0.1, -0.05) is 30.3 Å².